The topological polar surface area (TPSA) is 12.0 Å². The maximum Gasteiger partial charge on any atom is 0.416 e. The summed E-state index contributed by atoms with van der Waals surface area (Å²) in [5, 5.41) is 3.28. The lowest BCUT2D eigenvalue weighted by atomic mass is 9.69. The molecule has 2 bridgehead atoms. The number of benzene rings is 1. The Balaban J connectivity index is 1.84. The molecule has 4 heteroatoms. The highest BCUT2D eigenvalue weighted by molar-refractivity contribution is 5.27. The summed E-state index contributed by atoms with van der Waals surface area (Å²) < 4.78 is 38.6. The third kappa shape index (κ3) is 2.83. The van der Waals surface area contributed by atoms with Gasteiger partial charge in [-0.2, -0.15) is 13.2 Å². The fraction of sp³-hybridized carbons (Fsp3) is 0.647. The summed E-state index contributed by atoms with van der Waals surface area (Å²) in [4.78, 5) is 0. The van der Waals surface area contributed by atoms with Gasteiger partial charge in [0.15, 0.2) is 0 Å². The highest BCUT2D eigenvalue weighted by atomic mass is 19.4. The minimum absolute atomic E-state index is 0.155. The molecule has 2 aliphatic carbocycles. The van der Waals surface area contributed by atoms with E-state index in [0.29, 0.717) is 5.92 Å². The molecule has 1 N–H and O–H groups in total. The van der Waals surface area contributed by atoms with E-state index in [0.717, 1.165) is 36.9 Å². The predicted octanol–water partition coefficient (Wildman–Crippen LogP) is 4.27. The van der Waals surface area contributed by atoms with E-state index in [1.807, 2.05) is 13.1 Å². The number of nitrogens with one attached hydrogen (secondary N) is 1. The number of hydrogen-bond donors (Lipinski definition) is 1. The lowest BCUT2D eigenvalue weighted by Gasteiger charge is -2.38. The number of hydrogen-bond acceptors (Lipinski definition) is 1. The predicted molar refractivity (Wildman–Crippen MR) is 77.0 cm³/mol. The van der Waals surface area contributed by atoms with Gasteiger partial charge in [0, 0.05) is 6.54 Å². The first-order valence-electron chi connectivity index (χ1n) is 7.74. The molecular weight excluding hydrogens is 275 g/mol. The van der Waals surface area contributed by atoms with E-state index in [2.05, 4.69) is 5.32 Å². The van der Waals surface area contributed by atoms with Gasteiger partial charge in [-0.15, -0.1) is 0 Å². The molecule has 0 aliphatic heterocycles. The highest BCUT2D eigenvalue weighted by Gasteiger charge is 2.50. The minimum atomic E-state index is -4.25. The van der Waals surface area contributed by atoms with Crippen LogP contribution in [-0.2, 0) is 12.6 Å². The second-order valence-electron chi connectivity index (χ2n) is 6.85. The summed E-state index contributed by atoms with van der Waals surface area (Å²) >= 11 is 0. The van der Waals surface area contributed by atoms with Gasteiger partial charge in [-0.3, -0.25) is 0 Å². The van der Waals surface area contributed by atoms with Crippen LogP contribution >= 0.6 is 0 Å². The van der Waals surface area contributed by atoms with Crippen LogP contribution in [0.2, 0.25) is 0 Å². The molecule has 0 spiro atoms. The summed E-state index contributed by atoms with van der Waals surface area (Å²) in [6.07, 6.45) is 1.49. The molecule has 1 aromatic carbocycles. The SMILES string of the molecule is CNCC1(Cc2cccc(C(F)(F)F)c2)CC2CCC1C2. The van der Waals surface area contributed by atoms with Crippen molar-refractivity contribution in [2.75, 3.05) is 13.6 Å². The van der Waals surface area contributed by atoms with Crippen LogP contribution in [0.1, 0.15) is 36.8 Å². The van der Waals surface area contributed by atoms with Crippen molar-refractivity contribution in [2.45, 2.75) is 38.3 Å². The molecular formula is C17H22F3N. The fourth-order valence-electron chi connectivity index (χ4n) is 4.67. The molecule has 0 radical (unpaired) electrons. The Hall–Kier alpha value is -1.03. The van der Waals surface area contributed by atoms with Crippen LogP contribution in [0.4, 0.5) is 13.2 Å². The molecule has 21 heavy (non-hydrogen) atoms. The highest BCUT2D eigenvalue weighted by Crippen LogP contribution is 2.57. The van der Waals surface area contributed by atoms with Crippen molar-refractivity contribution in [3.63, 3.8) is 0 Å². The standard InChI is InChI=1S/C17H22F3N/c1-21-11-16(10-13-5-6-14(16)7-13)9-12-3-2-4-15(8-12)17(18,19)20/h2-4,8,13-14,21H,5-7,9-11H2,1H3. The van der Waals surface area contributed by atoms with Crippen molar-refractivity contribution in [3.05, 3.63) is 35.4 Å². The smallest absolute Gasteiger partial charge is 0.319 e. The Morgan fingerprint density at radius 2 is 2.10 bits per heavy atom. The van der Waals surface area contributed by atoms with Crippen LogP contribution in [-0.4, -0.2) is 13.6 Å². The van der Waals surface area contributed by atoms with Crippen LogP contribution in [0.3, 0.4) is 0 Å². The van der Waals surface area contributed by atoms with Gasteiger partial charge in [0.05, 0.1) is 5.56 Å². The summed E-state index contributed by atoms with van der Waals surface area (Å²) in [5.74, 6) is 1.46. The second kappa shape index (κ2) is 5.31. The molecule has 3 rings (SSSR count). The van der Waals surface area contributed by atoms with Crippen LogP contribution in [0.15, 0.2) is 24.3 Å². The monoisotopic (exact) mass is 297 g/mol. The molecule has 0 aromatic heterocycles. The Kier molecular flexibility index (Phi) is 3.76. The summed E-state index contributed by atoms with van der Waals surface area (Å²) in [5.41, 5.74) is 0.456. The van der Waals surface area contributed by atoms with E-state index < -0.39 is 11.7 Å². The Morgan fingerprint density at radius 3 is 2.67 bits per heavy atom. The van der Waals surface area contributed by atoms with Crippen LogP contribution in [0, 0.1) is 17.3 Å². The maximum absolute atomic E-state index is 12.9. The van der Waals surface area contributed by atoms with Gasteiger partial charge < -0.3 is 5.32 Å². The first-order chi connectivity index (χ1) is 9.93. The van der Waals surface area contributed by atoms with Crippen LogP contribution < -0.4 is 5.32 Å². The van der Waals surface area contributed by atoms with E-state index in [1.54, 1.807) is 6.07 Å². The zero-order valence-electron chi connectivity index (χ0n) is 12.3. The molecule has 2 saturated carbocycles. The third-order valence-corrected chi connectivity index (χ3v) is 5.44. The zero-order chi connectivity index (χ0) is 15.1. The number of alkyl halides is 3. The Labute approximate surface area is 123 Å². The van der Waals surface area contributed by atoms with E-state index in [4.69, 9.17) is 0 Å². The molecule has 116 valence electrons. The molecule has 3 unspecified atom stereocenters. The van der Waals surface area contributed by atoms with Crippen LogP contribution in [0.25, 0.3) is 0 Å². The molecule has 1 aromatic rings. The van der Waals surface area contributed by atoms with Gasteiger partial charge in [-0.1, -0.05) is 24.6 Å². The van der Waals surface area contributed by atoms with Crippen molar-refractivity contribution >= 4 is 0 Å². The molecule has 0 amide bonds. The zero-order valence-corrected chi connectivity index (χ0v) is 12.3. The minimum Gasteiger partial charge on any atom is -0.319 e. The van der Waals surface area contributed by atoms with Crippen molar-refractivity contribution in [2.24, 2.45) is 17.3 Å². The van der Waals surface area contributed by atoms with Crippen molar-refractivity contribution in [1.82, 2.24) is 5.32 Å². The van der Waals surface area contributed by atoms with Crippen LogP contribution in [0.5, 0.6) is 0 Å². The largest absolute Gasteiger partial charge is 0.416 e. The van der Waals surface area contributed by atoms with Crippen molar-refractivity contribution < 1.29 is 13.2 Å². The molecule has 2 aliphatic rings. The normalized spacial score (nSPS) is 31.8. The van der Waals surface area contributed by atoms with Gasteiger partial charge in [-0.05, 0) is 61.6 Å². The second-order valence-corrected chi connectivity index (χ2v) is 6.85. The molecule has 3 atom stereocenters. The summed E-state index contributed by atoms with van der Waals surface area (Å²) in [7, 11) is 1.94. The molecule has 2 fully saturated rings. The number of fused-ring (bicyclic) bond motifs is 2. The molecule has 0 saturated heterocycles. The van der Waals surface area contributed by atoms with Gasteiger partial charge in [0.2, 0.25) is 0 Å². The average molecular weight is 297 g/mol. The van der Waals surface area contributed by atoms with E-state index >= 15 is 0 Å². The quantitative estimate of drug-likeness (QED) is 0.875. The lowest BCUT2D eigenvalue weighted by molar-refractivity contribution is -0.137. The van der Waals surface area contributed by atoms with Crippen molar-refractivity contribution in [3.8, 4) is 0 Å². The van der Waals surface area contributed by atoms with E-state index in [-0.39, 0.29) is 5.41 Å². The summed E-state index contributed by atoms with van der Waals surface area (Å²) in [6.45, 7) is 0.907. The first kappa shape index (κ1) is 14.9. The fourth-order valence-corrected chi connectivity index (χ4v) is 4.67. The third-order valence-electron chi connectivity index (χ3n) is 5.44. The lowest BCUT2D eigenvalue weighted by Crippen LogP contribution is -2.39. The van der Waals surface area contributed by atoms with Gasteiger partial charge in [0.25, 0.3) is 0 Å². The Bertz CT molecular complexity index is 511. The Morgan fingerprint density at radius 1 is 1.29 bits per heavy atom. The summed E-state index contributed by atoms with van der Waals surface area (Å²) in [6, 6.07) is 5.88. The van der Waals surface area contributed by atoms with E-state index in [1.165, 1.54) is 25.3 Å². The number of rotatable bonds is 4. The maximum atomic E-state index is 12.9. The van der Waals surface area contributed by atoms with Gasteiger partial charge in [0.1, 0.15) is 0 Å². The van der Waals surface area contributed by atoms with Crippen molar-refractivity contribution in [1.29, 1.82) is 0 Å². The molecule has 1 nitrogen and oxygen atoms in total. The van der Waals surface area contributed by atoms with Gasteiger partial charge >= 0.3 is 6.18 Å². The molecule has 0 heterocycles. The number of halogens is 3. The van der Waals surface area contributed by atoms with Gasteiger partial charge in [-0.25, -0.2) is 0 Å². The average Bonchev–Trinajstić information content (AvgIpc) is 2.99. The van der Waals surface area contributed by atoms with E-state index in [9.17, 15) is 13.2 Å². The first-order valence-corrected chi connectivity index (χ1v) is 7.74.